The highest BCUT2D eigenvalue weighted by Crippen LogP contribution is 2.17. The van der Waals surface area contributed by atoms with Gasteiger partial charge in [0.05, 0.1) is 5.69 Å². The van der Waals surface area contributed by atoms with Crippen molar-refractivity contribution in [2.45, 2.75) is 33.1 Å². The first-order chi connectivity index (χ1) is 6.57. The molecule has 0 bridgehead atoms. The first-order valence-electron chi connectivity index (χ1n) is 5.24. The molecule has 0 aromatic carbocycles. The van der Waals surface area contributed by atoms with Crippen molar-refractivity contribution in [2.24, 2.45) is 7.05 Å². The summed E-state index contributed by atoms with van der Waals surface area (Å²) in [4.78, 5) is 4.60. The zero-order valence-corrected chi connectivity index (χ0v) is 9.89. The smallest absolute Gasteiger partial charge is 0.111 e. The third-order valence-electron chi connectivity index (χ3n) is 2.58. The summed E-state index contributed by atoms with van der Waals surface area (Å²) < 4.78 is 2.23. The molecule has 0 aliphatic rings. The summed E-state index contributed by atoms with van der Waals surface area (Å²) in [7, 11) is 4.09. The molecule has 1 aromatic heterocycles. The molecule has 0 saturated heterocycles. The van der Waals surface area contributed by atoms with Crippen LogP contribution in [-0.2, 0) is 13.5 Å². The molecule has 1 aromatic rings. The van der Waals surface area contributed by atoms with Crippen molar-refractivity contribution in [2.75, 3.05) is 13.6 Å². The molecule has 0 saturated carbocycles. The van der Waals surface area contributed by atoms with Gasteiger partial charge in [0.1, 0.15) is 5.82 Å². The first kappa shape index (κ1) is 11.2. The molecular weight excluding hydrogens is 174 g/mol. The largest absolute Gasteiger partial charge is 0.335 e. The minimum absolute atomic E-state index is 0.502. The van der Waals surface area contributed by atoms with Gasteiger partial charge in [-0.25, -0.2) is 4.98 Å². The summed E-state index contributed by atoms with van der Waals surface area (Å²) in [6.07, 6.45) is 1.05. The predicted octanol–water partition coefficient (Wildman–Crippen LogP) is 1.61. The van der Waals surface area contributed by atoms with Crippen LogP contribution in [0.1, 0.15) is 37.0 Å². The van der Waals surface area contributed by atoms with Crippen LogP contribution in [0.25, 0.3) is 0 Å². The minimum atomic E-state index is 0.502. The van der Waals surface area contributed by atoms with Crippen LogP contribution in [0.15, 0.2) is 0 Å². The van der Waals surface area contributed by atoms with Gasteiger partial charge in [0.2, 0.25) is 0 Å². The van der Waals surface area contributed by atoms with E-state index in [-0.39, 0.29) is 0 Å². The molecule has 0 radical (unpaired) electrons. The maximum Gasteiger partial charge on any atom is 0.111 e. The van der Waals surface area contributed by atoms with E-state index in [9.17, 15) is 0 Å². The summed E-state index contributed by atoms with van der Waals surface area (Å²) in [5.41, 5.74) is 2.52. The monoisotopic (exact) mass is 195 g/mol. The SMILES string of the molecule is CNCCc1c(C)nc(C(C)C)n1C. The van der Waals surface area contributed by atoms with Gasteiger partial charge in [0.25, 0.3) is 0 Å². The van der Waals surface area contributed by atoms with Gasteiger partial charge in [-0.1, -0.05) is 13.8 Å². The zero-order valence-electron chi connectivity index (χ0n) is 9.89. The van der Waals surface area contributed by atoms with Gasteiger partial charge in [-0.2, -0.15) is 0 Å². The lowest BCUT2D eigenvalue weighted by molar-refractivity contribution is 0.673. The van der Waals surface area contributed by atoms with Crippen molar-refractivity contribution in [1.82, 2.24) is 14.9 Å². The second-order valence-electron chi connectivity index (χ2n) is 4.07. The van der Waals surface area contributed by atoms with Gasteiger partial charge in [-0.3, -0.25) is 0 Å². The Bertz CT molecular complexity index is 300. The number of hydrogen-bond donors (Lipinski definition) is 1. The van der Waals surface area contributed by atoms with Crippen LogP contribution in [0.2, 0.25) is 0 Å². The van der Waals surface area contributed by atoms with E-state index in [4.69, 9.17) is 0 Å². The summed E-state index contributed by atoms with van der Waals surface area (Å²) in [6, 6.07) is 0. The van der Waals surface area contributed by atoms with Crippen molar-refractivity contribution in [3.63, 3.8) is 0 Å². The third kappa shape index (κ3) is 2.15. The van der Waals surface area contributed by atoms with Crippen LogP contribution in [-0.4, -0.2) is 23.1 Å². The maximum absolute atomic E-state index is 4.60. The standard InChI is InChI=1S/C11H21N3/c1-8(2)11-13-9(3)10(14(11)5)6-7-12-4/h8,12H,6-7H2,1-5H3. The van der Waals surface area contributed by atoms with Gasteiger partial charge in [0.15, 0.2) is 0 Å². The molecule has 80 valence electrons. The molecule has 0 spiro atoms. The lowest BCUT2D eigenvalue weighted by atomic mass is 10.2. The second kappa shape index (κ2) is 4.60. The van der Waals surface area contributed by atoms with E-state index in [2.05, 4.69) is 42.7 Å². The van der Waals surface area contributed by atoms with Crippen LogP contribution in [0.4, 0.5) is 0 Å². The van der Waals surface area contributed by atoms with Crippen LogP contribution in [0.5, 0.6) is 0 Å². The molecule has 3 nitrogen and oxygen atoms in total. The third-order valence-corrected chi connectivity index (χ3v) is 2.58. The molecule has 1 heterocycles. The Morgan fingerprint density at radius 1 is 1.43 bits per heavy atom. The van der Waals surface area contributed by atoms with Gasteiger partial charge in [-0.05, 0) is 14.0 Å². The molecule has 0 unspecified atom stereocenters. The number of nitrogens with one attached hydrogen (secondary N) is 1. The topological polar surface area (TPSA) is 29.9 Å². The number of rotatable bonds is 4. The van der Waals surface area contributed by atoms with E-state index in [1.54, 1.807) is 0 Å². The Hall–Kier alpha value is -0.830. The zero-order chi connectivity index (χ0) is 10.7. The molecule has 0 atom stereocenters. The van der Waals surface area contributed by atoms with Gasteiger partial charge in [0, 0.05) is 31.6 Å². The van der Waals surface area contributed by atoms with Crippen molar-refractivity contribution in [1.29, 1.82) is 0 Å². The quantitative estimate of drug-likeness (QED) is 0.791. The van der Waals surface area contributed by atoms with Crippen molar-refractivity contribution >= 4 is 0 Å². The average molecular weight is 195 g/mol. The van der Waals surface area contributed by atoms with Gasteiger partial charge in [-0.15, -0.1) is 0 Å². The van der Waals surface area contributed by atoms with E-state index in [0.717, 1.165) is 13.0 Å². The lowest BCUT2D eigenvalue weighted by Gasteiger charge is -2.08. The Balaban J connectivity index is 2.93. The highest BCUT2D eigenvalue weighted by atomic mass is 15.1. The molecule has 1 N–H and O–H groups in total. The van der Waals surface area contributed by atoms with E-state index in [1.807, 2.05) is 7.05 Å². The van der Waals surface area contributed by atoms with Crippen LogP contribution in [0.3, 0.4) is 0 Å². The number of nitrogens with zero attached hydrogens (tertiary/aromatic N) is 2. The molecular formula is C11H21N3. The van der Waals surface area contributed by atoms with Crippen molar-refractivity contribution < 1.29 is 0 Å². The molecule has 3 heteroatoms. The van der Waals surface area contributed by atoms with Gasteiger partial charge < -0.3 is 9.88 Å². The number of hydrogen-bond acceptors (Lipinski definition) is 2. The molecule has 1 rings (SSSR count). The molecule has 14 heavy (non-hydrogen) atoms. The summed E-state index contributed by atoms with van der Waals surface area (Å²) in [5, 5.41) is 3.17. The number of aryl methyl sites for hydroxylation is 1. The second-order valence-corrected chi connectivity index (χ2v) is 4.07. The Morgan fingerprint density at radius 3 is 2.50 bits per heavy atom. The van der Waals surface area contributed by atoms with Crippen LogP contribution >= 0.6 is 0 Å². The van der Waals surface area contributed by atoms with E-state index in [0.29, 0.717) is 5.92 Å². The minimum Gasteiger partial charge on any atom is -0.335 e. The Labute approximate surface area is 86.5 Å². The first-order valence-corrected chi connectivity index (χ1v) is 5.24. The lowest BCUT2D eigenvalue weighted by Crippen LogP contribution is -2.13. The van der Waals surface area contributed by atoms with Crippen LogP contribution in [0, 0.1) is 6.92 Å². The number of aromatic nitrogens is 2. The maximum atomic E-state index is 4.60. The molecule has 0 fully saturated rings. The predicted molar refractivity (Wildman–Crippen MR) is 59.7 cm³/mol. The van der Waals surface area contributed by atoms with Crippen LogP contribution < -0.4 is 5.32 Å². The number of imidazole rings is 1. The molecule has 0 aliphatic heterocycles. The van der Waals surface area contributed by atoms with E-state index >= 15 is 0 Å². The summed E-state index contributed by atoms with van der Waals surface area (Å²) >= 11 is 0. The Kier molecular flexibility index (Phi) is 3.69. The van der Waals surface area contributed by atoms with Crippen molar-refractivity contribution in [3.05, 3.63) is 17.2 Å². The molecule has 0 aliphatic carbocycles. The highest BCUT2D eigenvalue weighted by Gasteiger charge is 2.12. The normalized spacial score (nSPS) is 11.3. The van der Waals surface area contributed by atoms with Gasteiger partial charge >= 0.3 is 0 Å². The Morgan fingerprint density at radius 2 is 2.07 bits per heavy atom. The highest BCUT2D eigenvalue weighted by molar-refractivity contribution is 5.17. The summed E-state index contributed by atoms with van der Waals surface area (Å²) in [6.45, 7) is 7.47. The summed E-state index contributed by atoms with van der Waals surface area (Å²) in [5.74, 6) is 1.69. The number of likely N-dealkylation sites (N-methyl/N-ethyl adjacent to an activating group) is 1. The van der Waals surface area contributed by atoms with E-state index in [1.165, 1.54) is 17.2 Å². The van der Waals surface area contributed by atoms with Crippen molar-refractivity contribution in [3.8, 4) is 0 Å². The fourth-order valence-electron chi connectivity index (χ4n) is 1.80. The fourth-order valence-corrected chi connectivity index (χ4v) is 1.80. The molecule has 0 amide bonds. The fraction of sp³-hybridized carbons (Fsp3) is 0.727. The average Bonchev–Trinajstić information content (AvgIpc) is 2.40. The van der Waals surface area contributed by atoms with E-state index < -0.39 is 0 Å².